The Bertz CT molecular complexity index is 984. The zero-order valence-electron chi connectivity index (χ0n) is 13.3. The van der Waals surface area contributed by atoms with Crippen LogP contribution in [0.1, 0.15) is 18.1 Å². The Kier molecular flexibility index (Phi) is 4.12. The summed E-state index contributed by atoms with van der Waals surface area (Å²) < 4.78 is 3.26. The first-order chi connectivity index (χ1) is 11.0. The molecule has 23 heavy (non-hydrogen) atoms. The second kappa shape index (κ2) is 6.08. The van der Waals surface area contributed by atoms with Crippen molar-refractivity contribution in [3.8, 4) is 0 Å². The molecule has 0 spiro atoms. The van der Waals surface area contributed by atoms with E-state index in [1.165, 1.54) is 4.57 Å². The predicted octanol–water partition coefficient (Wildman–Crippen LogP) is 1.89. The highest BCUT2D eigenvalue weighted by molar-refractivity contribution is 7.99. The van der Waals surface area contributed by atoms with Gasteiger partial charge in [-0.05, 0) is 18.2 Å². The van der Waals surface area contributed by atoms with Crippen LogP contribution in [0, 0.1) is 6.92 Å². The van der Waals surface area contributed by atoms with E-state index >= 15 is 0 Å². The third-order valence-electron chi connectivity index (χ3n) is 3.67. The quantitative estimate of drug-likeness (QED) is 0.742. The Labute approximate surface area is 137 Å². The lowest BCUT2D eigenvalue weighted by atomic mass is 10.1. The van der Waals surface area contributed by atoms with Crippen molar-refractivity contribution in [3.05, 3.63) is 56.2 Å². The molecule has 120 valence electrons. The molecule has 0 bridgehead atoms. The van der Waals surface area contributed by atoms with Gasteiger partial charge in [0.2, 0.25) is 0 Å². The number of aromatic nitrogens is 4. The van der Waals surface area contributed by atoms with E-state index in [2.05, 4.69) is 16.0 Å². The minimum absolute atomic E-state index is 0.397. The number of nitrogens with one attached hydrogen (secondary N) is 1. The lowest BCUT2D eigenvalue weighted by Crippen LogP contribution is -2.29. The second-order valence-electron chi connectivity index (χ2n) is 5.39. The lowest BCUT2D eigenvalue weighted by molar-refractivity contribution is 0.728. The van der Waals surface area contributed by atoms with E-state index in [1.807, 2.05) is 36.6 Å². The average Bonchev–Trinajstić information content (AvgIpc) is 2.85. The largest absolute Gasteiger partial charge is 0.329 e. The van der Waals surface area contributed by atoms with E-state index in [9.17, 15) is 9.59 Å². The van der Waals surface area contributed by atoms with Crippen molar-refractivity contribution in [2.75, 3.05) is 5.75 Å². The molecule has 7 heteroatoms. The minimum atomic E-state index is -0.448. The highest BCUT2D eigenvalue weighted by atomic mass is 32.2. The molecule has 2 heterocycles. The van der Waals surface area contributed by atoms with Gasteiger partial charge in [-0.2, -0.15) is 0 Å². The number of aromatic amines is 1. The molecule has 0 amide bonds. The molecule has 0 fully saturated rings. The van der Waals surface area contributed by atoms with Crippen molar-refractivity contribution in [1.29, 1.82) is 0 Å². The fourth-order valence-electron chi connectivity index (χ4n) is 2.59. The van der Waals surface area contributed by atoms with Crippen molar-refractivity contribution in [2.24, 2.45) is 7.05 Å². The van der Waals surface area contributed by atoms with Crippen LogP contribution in [0.15, 0.2) is 39.0 Å². The van der Waals surface area contributed by atoms with Crippen LogP contribution in [0.4, 0.5) is 0 Å². The van der Waals surface area contributed by atoms with Crippen LogP contribution in [0.3, 0.4) is 0 Å². The number of fused-ring (bicyclic) bond motifs is 1. The summed E-state index contributed by atoms with van der Waals surface area (Å²) in [6.45, 7) is 4.61. The molecule has 0 radical (unpaired) electrons. The average molecular weight is 330 g/mol. The third kappa shape index (κ3) is 2.84. The molecule has 0 atom stereocenters. The van der Waals surface area contributed by atoms with Crippen LogP contribution in [0.25, 0.3) is 11.2 Å². The molecule has 3 aromatic rings. The van der Waals surface area contributed by atoms with Crippen molar-refractivity contribution < 1.29 is 0 Å². The number of H-pyrrole nitrogens is 1. The molecular weight excluding hydrogens is 312 g/mol. The van der Waals surface area contributed by atoms with E-state index in [4.69, 9.17) is 0 Å². The molecule has 0 aliphatic carbocycles. The fourth-order valence-corrected chi connectivity index (χ4v) is 3.31. The first-order valence-corrected chi connectivity index (χ1v) is 8.37. The molecule has 3 rings (SSSR count). The summed E-state index contributed by atoms with van der Waals surface area (Å²) in [5.41, 5.74) is 2.27. The highest BCUT2D eigenvalue weighted by Crippen LogP contribution is 2.22. The number of hydrogen-bond donors (Lipinski definition) is 1. The predicted molar refractivity (Wildman–Crippen MR) is 92.3 cm³/mol. The van der Waals surface area contributed by atoms with Crippen molar-refractivity contribution in [2.45, 2.75) is 25.5 Å². The fraction of sp³-hybridized carbons (Fsp3) is 0.312. The summed E-state index contributed by atoms with van der Waals surface area (Å²) in [6, 6.07) is 8.14. The molecule has 1 N–H and O–H groups in total. The van der Waals surface area contributed by atoms with Gasteiger partial charge in [0.15, 0.2) is 16.3 Å². The van der Waals surface area contributed by atoms with Crippen LogP contribution in [-0.2, 0) is 13.6 Å². The third-order valence-corrected chi connectivity index (χ3v) is 4.53. The Balaban J connectivity index is 2.25. The number of rotatable bonds is 4. The molecule has 0 aliphatic rings. The van der Waals surface area contributed by atoms with Gasteiger partial charge in [-0.3, -0.25) is 14.3 Å². The molecule has 0 unspecified atom stereocenters. The molecule has 2 aromatic heterocycles. The Morgan fingerprint density at radius 1 is 1.30 bits per heavy atom. The van der Waals surface area contributed by atoms with Crippen LogP contribution >= 0.6 is 11.8 Å². The van der Waals surface area contributed by atoms with Gasteiger partial charge >= 0.3 is 5.69 Å². The Morgan fingerprint density at radius 3 is 2.78 bits per heavy atom. The van der Waals surface area contributed by atoms with E-state index in [0.717, 1.165) is 22.0 Å². The van der Waals surface area contributed by atoms with E-state index < -0.39 is 11.2 Å². The summed E-state index contributed by atoms with van der Waals surface area (Å²) in [5.74, 6) is 0.836. The van der Waals surface area contributed by atoms with Crippen LogP contribution in [-0.4, -0.2) is 24.9 Å². The minimum Gasteiger partial charge on any atom is -0.309 e. The number of imidazole rings is 1. The molecule has 0 aliphatic heterocycles. The van der Waals surface area contributed by atoms with Gasteiger partial charge in [0, 0.05) is 7.05 Å². The molecule has 6 nitrogen and oxygen atoms in total. The number of benzene rings is 1. The molecular formula is C16H18N4O2S. The van der Waals surface area contributed by atoms with Crippen LogP contribution in [0.2, 0.25) is 0 Å². The van der Waals surface area contributed by atoms with Crippen molar-refractivity contribution in [1.82, 2.24) is 19.1 Å². The number of thioether (sulfide) groups is 1. The summed E-state index contributed by atoms with van der Waals surface area (Å²) in [4.78, 5) is 31.0. The highest BCUT2D eigenvalue weighted by Gasteiger charge is 2.17. The van der Waals surface area contributed by atoms with Gasteiger partial charge in [0.1, 0.15) is 0 Å². The van der Waals surface area contributed by atoms with Gasteiger partial charge in [0.25, 0.3) is 5.56 Å². The van der Waals surface area contributed by atoms with Crippen LogP contribution < -0.4 is 11.2 Å². The maximum Gasteiger partial charge on any atom is 0.329 e. The summed E-state index contributed by atoms with van der Waals surface area (Å²) >= 11 is 1.56. The molecule has 0 saturated carbocycles. The standard InChI is InChI=1S/C16H18N4O2S/c1-4-23-16-17-13-12(14(21)18-15(22)19(13)3)20(16)9-11-7-5-6-10(2)8-11/h5-8H,4,9H2,1-3H3,(H,18,21,22). The van der Waals surface area contributed by atoms with Gasteiger partial charge in [-0.1, -0.05) is 48.5 Å². The normalized spacial score (nSPS) is 11.3. The topological polar surface area (TPSA) is 72.7 Å². The summed E-state index contributed by atoms with van der Waals surface area (Å²) in [5, 5.41) is 0.746. The van der Waals surface area contributed by atoms with Gasteiger partial charge in [-0.25, -0.2) is 9.78 Å². The van der Waals surface area contributed by atoms with Gasteiger partial charge < -0.3 is 4.57 Å². The first kappa shape index (κ1) is 15.6. The number of nitrogens with zero attached hydrogens (tertiary/aromatic N) is 3. The smallest absolute Gasteiger partial charge is 0.309 e. The van der Waals surface area contributed by atoms with Crippen molar-refractivity contribution >= 4 is 22.9 Å². The monoisotopic (exact) mass is 330 g/mol. The SMILES string of the molecule is CCSc1nc2c(c(=O)[nH]c(=O)n2C)n1Cc1cccc(C)c1. The maximum atomic E-state index is 12.3. The lowest BCUT2D eigenvalue weighted by Gasteiger charge is -2.08. The van der Waals surface area contributed by atoms with Crippen LogP contribution in [0.5, 0.6) is 0 Å². The van der Waals surface area contributed by atoms with Gasteiger partial charge in [-0.15, -0.1) is 0 Å². The first-order valence-electron chi connectivity index (χ1n) is 7.39. The summed E-state index contributed by atoms with van der Waals surface area (Å²) in [7, 11) is 1.62. The maximum absolute atomic E-state index is 12.3. The van der Waals surface area contributed by atoms with E-state index in [0.29, 0.717) is 17.7 Å². The zero-order chi connectivity index (χ0) is 16.6. The van der Waals surface area contributed by atoms with Crippen molar-refractivity contribution in [3.63, 3.8) is 0 Å². The molecule has 1 aromatic carbocycles. The Hall–Kier alpha value is -2.28. The van der Waals surface area contributed by atoms with Gasteiger partial charge in [0.05, 0.1) is 6.54 Å². The zero-order valence-corrected chi connectivity index (χ0v) is 14.1. The Morgan fingerprint density at radius 2 is 2.09 bits per heavy atom. The number of aryl methyl sites for hydroxylation is 2. The molecule has 0 saturated heterocycles. The van der Waals surface area contributed by atoms with E-state index in [-0.39, 0.29) is 0 Å². The number of hydrogen-bond acceptors (Lipinski definition) is 4. The van der Waals surface area contributed by atoms with E-state index in [1.54, 1.807) is 18.8 Å². The summed E-state index contributed by atoms with van der Waals surface area (Å²) in [6.07, 6.45) is 0. The second-order valence-corrected chi connectivity index (χ2v) is 6.62.